The Morgan fingerprint density at radius 1 is 1.60 bits per heavy atom. The molecule has 0 aromatic carbocycles. The Bertz CT molecular complexity index is 270. The van der Waals surface area contributed by atoms with Crippen LogP contribution in [-0.4, -0.2) is 39.7 Å². The number of carbonyl (C=O) groups is 2. The van der Waals surface area contributed by atoms with Crippen LogP contribution in [0.5, 0.6) is 0 Å². The Labute approximate surface area is 91.4 Å². The highest BCUT2D eigenvalue weighted by Gasteiger charge is 2.30. The van der Waals surface area contributed by atoms with Gasteiger partial charge in [0.1, 0.15) is 6.04 Å². The second kappa shape index (κ2) is 6.23. The summed E-state index contributed by atoms with van der Waals surface area (Å²) in [6.07, 6.45) is 0.0117. The van der Waals surface area contributed by atoms with Gasteiger partial charge in [0.15, 0.2) is 0 Å². The quantitative estimate of drug-likeness (QED) is 0.328. The summed E-state index contributed by atoms with van der Waals surface area (Å²) in [6, 6.07) is -2.61. The molecule has 7 nitrogen and oxygen atoms in total. The van der Waals surface area contributed by atoms with Crippen LogP contribution in [0.15, 0.2) is 0 Å². The van der Waals surface area contributed by atoms with Crippen molar-refractivity contribution in [2.75, 3.05) is 5.75 Å². The summed E-state index contributed by atoms with van der Waals surface area (Å²) in [4.78, 5) is 31.4. The minimum absolute atomic E-state index is 0.0117. The Morgan fingerprint density at radius 3 is 2.40 bits per heavy atom. The lowest BCUT2D eigenvalue weighted by Gasteiger charge is -2.13. The number of aliphatic carboxylic acids is 1. The molecule has 0 heterocycles. The van der Waals surface area contributed by atoms with Crippen LogP contribution in [0.1, 0.15) is 13.3 Å². The monoisotopic (exact) mass is 236 g/mol. The molecule has 0 rings (SSSR count). The van der Waals surface area contributed by atoms with E-state index in [9.17, 15) is 19.7 Å². The van der Waals surface area contributed by atoms with Gasteiger partial charge in [0.25, 0.3) is 11.9 Å². The molecule has 2 N–H and O–H groups in total. The highest BCUT2D eigenvalue weighted by Crippen LogP contribution is 1.98. The fourth-order valence-corrected chi connectivity index (χ4v) is 1.13. The van der Waals surface area contributed by atoms with Crippen LogP contribution in [-0.2, 0) is 9.59 Å². The number of rotatable bonds is 6. The molecule has 0 bridgehead atoms. The maximum Gasteiger partial charge on any atom is 0.327 e. The zero-order valence-electron chi connectivity index (χ0n) is 8.04. The Kier molecular flexibility index (Phi) is 5.68. The van der Waals surface area contributed by atoms with Crippen molar-refractivity contribution >= 4 is 24.5 Å². The van der Waals surface area contributed by atoms with E-state index in [1.165, 1.54) is 6.92 Å². The van der Waals surface area contributed by atoms with E-state index < -0.39 is 28.9 Å². The molecular weight excluding hydrogens is 224 g/mol. The number of hydrogen-bond acceptors (Lipinski definition) is 5. The molecule has 0 fully saturated rings. The maximum atomic E-state index is 11.2. The van der Waals surface area contributed by atoms with Gasteiger partial charge in [-0.2, -0.15) is 12.6 Å². The number of carbonyl (C=O) groups excluding carboxylic acids is 1. The lowest BCUT2D eigenvalue weighted by atomic mass is 10.2. The third-order valence-electron chi connectivity index (χ3n) is 1.74. The minimum atomic E-state index is -1.41. The van der Waals surface area contributed by atoms with Crippen molar-refractivity contribution < 1.29 is 19.6 Å². The molecule has 8 heteroatoms. The average Bonchev–Trinajstić information content (AvgIpc) is 2.14. The molecule has 86 valence electrons. The fourth-order valence-electron chi connectivity index (χ4n) is 0.884. The van der Waals surface area contributed by atoms with Crippen LogP contribution in [0, 0.1) is 10.1 Å². The van der Waals surface area contributed by atoms with E-state index in [1.54, 1.807) is 0 Å². The van der Waals surface area contributed by atoms with Crippen molar-refractivity contribution in [3.63, 3.8) is 0 Å². The first-order chi connectivity index (χ1) is 6.93. The molecule has 0 saturated carbocycles. The Morgan fingerprint density at radius 2 is 2.13 bits per heavy atom. The number of hydrogen-bond donors (Lipinski definition) is 3. The Hall–Kier alpha value is -1.31. The molecule has 1 amide bonds. The second-order valence-electron chi connectivity index (χ2n) is 2.79. The van der Waals surface area contributed by atoms with E-state index in [-0.39, 0.29) is 12.2 Å². The molecule has 1 unspecified atom stereocenters. The molecular formula is C7H12N2O5S. The molecule has 15 heavy (non-hydrogen) atoms. The average molecular weight is 236 g/mol. The normalized spacial score (nSPS) is 14.0. The van der Waals surface area contributed by atoms with Gasteiger partial charge < -0.3 is 10.4 Å². The summed E-state index contributed by atoms with van der Waals surface area (Å²) in [7, 11) is 0. The lowest BCUT2D eigenvalue weighted by molar-refractivity contribution is -0.508. The van der Waals surface area contributed by atoms with E-state index in [0.717, 1.165) is 0 Å². The van der Waals surface area contributed by atoms with Gasteiger partial charge >= 0.3 is 5.97 Å². The molecule has 0 aliphatic rings. The van der Waals surface area contributed by atoms with Crippen LogP contribution < -0.4 is 5.32 Å². The van der Waals surface area contributed by atoms with Gasteiger partial charge in [0.2, 0.25) is 0 Å². The first-order valence-corrected chi connectivity index (χ1v) is 4.84. The van der Waals surface area contributed by atoms with Crippen LogP contribution in [0.4, 0.5) is 0 Å². The van der Waals surface area contributed by atoms with Gasteiger partial charge in [-0.3, -0.25) is 14.9 Å². The Balaban J connectivity index is 4.45. The van der Waals surface area contributed by atoms with Crippen molar-refractivity contribution in [3.05, 3.63) is 10.1 Å². The van der Waals surface area contributed by atoms with E-state index in [2.05, 4.69) is 12.6 Å². The lowest BCUT2D eigenvalue weighted by Crippen LogP contribution is -2.48. The molecule has 2 atom stereocenters. The van der Waals surface area contributed by atoms with E-state index >= 15 is 0 Å². The van der Waals surface area contributed by atoms with E-state index in [4.69, 9.17) is 5.11 Å². The summed E-state index contributed by atoms with van der Waals surface area (Å²) < 4.78 is 0. The van der Waals surface area contributed by atoms with Crippen LogP contribution in [0.2, 0.25) is 0 Å². The summed E-state index contributed by atoms with van der Waals surface area (Å²) in [5, 5.41) is 21.0. The smallest absolute Gasteiger partial charge is 0.327 e. The number of carboxylic acid groups (broad SMARTS) is 1. The fraction of sp³-hybridized carbons (Fsp3) is 0.714. The summed E-state index contributed by atoms with van der Waals surface area (Å²) >= 11 is 3.71. The molecule has 0 aromatic heterocycles. The maximum absolute atomic E-state index is 11.2. The molecule has 0 radical (unpaired) electrons. The summed E-state index contributed by atoms with van der Waals surface area (Å²) in [5.41, 5.74) is 0. The van der Waals surface area contributed by atoms with Crippen LogP contribution in [0.25, 0.3) is 0 Å². The van der Waals surface area contributed by atoms with E-state index in [1.807, 2.05) is 5.32 Å². The van der Waals surface area contributed by atoms with Gasteiger partial charge in [0, 0.05) is 17.1 Å². The summed E-state index contributed by atoms with van der Waals surface area (Å²) in [5.74, 6) is -2.28. The van der Waals surface area contributed by atoms with Gasteiger partial charge in [-0.05, 0) is 0 Å². The highest BCUT2D eigenvalue weighted by molar-refractivity contribution is 7.80. The van der Waals surface area contributed by atoms with Crippen LogP contribution >= 0.6 is 12.6 Å². The number of nitro groups is 1. The first-order valence-electron chi connectivity index (χ1n) is 4.21. The van der Waals surface area contributed by atoms with Gasteiger partial charge in [-0.1, -0.05) is 6.92 Å². The molecule has 0 aliphatic heterocycles. The largest absolute Gasteiger partial charge is 0.480 e. The number of carboxylic acids is 1. The van der Waals surface area contributed by atoms with Crippen molar-refractivity contribution in [1.29, 1.82) is 0 Å². The van der Waals surface area contributed by atoms with Crippen molar-refractivity contribution in [2.45, 2.75) is 25.4 Å². The van der Waals surface area contributed by atoms with Gasteiger partial charge in [0.05, 0.1) is 0 Å². The van der Waals surface area contributed by atoms with Crippen molar-refractivity contribution in [1.82, 2.24) is 5.32 Å². The zero-order valence-corrected chi connectivity index (χ0v) is 8.94. The molecule has 0 aliphatic carbocycles. The zero-order chi connectivity index (χ0) is 12.0. The molecule has 0 aromatic rings. The summed E-state index contributed by atoms with van der Waals surface area (Å²) in [6.45, 7) is 1.48. The second-order valence-corrected chi connectivity index (χ2v) is 3.16. The van der Waals surface area contributed by atoms with Crippen LogP contribution in [0.3, 0.4) is 0 Å². The predicted molar refractivity (Wildman–Crippen MR) is 54.5 cm³/mol. The van der Waals surface area contributed by atoms with Gasteiger partial charge in [-0.15, -0.1) is 0 Å². The van der Waals surface area contributed by atoms with E-state index in [0.29, 0.717) is 0 Å². The SMILES string of the molecule is CCC(C(=O)N[C@@H](CS)C(=O)O)[N+](=O)[O-]. The topological polar surface area (TPSA) is 110 Å². The highest BCUT2D eigenvalue weighted by atomic mass is 32.1. The minimum Gasteiger partial charge on any atom is -0.480 e. The molecule has 0 spiro atoms. The number of nitrogens with one attached hydrogen (secondary N) is 1. The van der Waals surface area contributed by atoms with Crippen molar-refractivity contribution in [3.8, 4) is 0 Å². The van der Waals surface area contributed by atoms with Gasteiger partial charge in [-0.25, -0.2) is 4.79 Å². The van der Waals surface area contributed by atoms with Crippen molar-refractivity contribution in [2.24, 2.45) is 0 Å². The first kappa shape index (κ1) is 13.7. The third kappa shape index (κ3) is 4.15. The standard InChI is InChI=1S/C7H12N2O5S/c1-2-5(9(13)14)6(10)8-4(3-15)7(11)12/h4-5,15H,2-3H2,1H3,(H,8,10)(H,11,12)/t4-,5?/m0/s1. The number of amides is 1. The third-order valence-corrected chi connectivity index (χ3v) is 2.11. The number of nitrogens with zero attached hydrogens (tertiary/aromatic N) is 1. The predicted octanol–water partition coefficient (Wildman–Crippen LogP) is -0.459. The molecule has 0 saturated heterocycles. The number of thiol groups is 1.